The highest BCUT2D eigenvalue weighted by molar-refractivity contribution is 5.88. The third-order valence-electron chi connectivity index (χ3n) is 7.88. The number of carbonyl (C=O) groups excluding carboxylic acids is 1. The quantitative estimate of drug-likeness (QED) is 0.304. The molecule has 1 saturated heterocycles. The van der Waals surface area contributed by atoms with E-state index in [1.165, 1.54) is 24.8 Å². The topological polar surface area (TPSA) is 110 Å². The Kier molecular flexibility index (Phi) is 5.65. The van der Waals surface area contributed by atoms with E-state index in [2.05, 4.69) is 31.9 Å². The molecule has 7 rings (SSSR count). The van der Waals surface area contributed by atoms with Crippen molar-refractivity contribution in [1.29, 1.82) is 0 Å². The van der Waals surface area contributed by atoms with Crippen LogP contribution in [0.15, 0.2) is 67.9 Å². The minimum absolute atomic E-state index is 0.0116. The minimum Gasteiger partial charge on any atom is -0.457 e. The molecule has 200 valence electrons. The Labute approximate surface area is 228 Å². The molecule has 0 radical (unpaired) electrons. The highest BCUT2D eigenvalue weighted by Gasteiger charge is 2.46. The fourth-order valence-electron chi connectivity index (χ4n) is 5.94. The van der Waals surface area contributed by atoms with Crippen molar-refractivity contribution in [1.82, 2.24) is 34.4 Å². The molecule has 4 aromatic heterocycles. The van der Waals surface area contributed by atoms with Gasteiger partial charge in [-0.2, -0.15) is 5.10 Å². The SMILES string of the molecule is C=CC(=O)N1CC2C[C@H]1C[C@H]2c1ccc2ncnc(Nc3cc(C)c(Oc4ccn5ncnc5c4)cc3F)c2n1. The molecule has 3 atom stereocenters. The zero-order valence-electron chi connectivity index (χ0n) is 21.7. The smallest absolute Gasteiger partial charge is 0.246 e. The fraction of sp³-hybridized carbons (Fsp3) is 0.241. The van der Waals surface area contributed by atoms with Gasteiger partial charge in [0.1, 0.15) is 35.5 Å². The van der Waals surface area contributed by atoms with Crippen LogP contribution >= 0.6 is 0 Å². The molecule has 2 fully saturated rings. The maximum atomic E-state index is 15.3. The van der Waals surface area contributed by atoms with Gasteiger partial charge in [0.15, 0.2) is 11.5 Å². The second-order valence-corrected chi connectivity index (χ2v) is 10.3. The average molecular weight is 537 g/mol. The molecule has 1 aliphatic carbocycles. The van der Waals surface area contributed by atoms with E-state index in [0.717, 1.165) is 24.1 Å². The van der Waals surface area contributed by atoms with E-state index in [0.29, 0.717) is 46.5 Å². The number of ether oxygens (including phenoxy) is 1. The lowest BCUT2D eigenvalue weighted by atomic mass is 9.90. The number of nitrogens with zero attached hydrogens (tertiary/aromatic N) is 7. The lowest BCUT2D eigenvalue weighted by Gasteiger charge is -2.30. The van der Waals surface area contributed by atoms with Gasteiger partial charge in [-0.1, -0.05) is 6.58 Å². The van der Waals surface area contributed by atoms with Crippen molar-refractivity contribution in [2.45, 2.75) is 31.7 Å². The molecule has 2 aliphatic rings. The average Bonchev–Trinajstić information content (AvgIpc) is 3.71. The molecule has 1 aliphatic heterocycles. The van der Waals surface area contributed by atoms with Crippen LogP contribution in [0.2, 0.25) is 0 Å². The van der Waals surface area contributed by atoms with Crippen LogP contribution in [0.3, 0.4) is 0 Å². The predicted octanol–water partition coefficient (Wildman–Crippen LogP) is 4.94. The summed E-state index contributed by atoms with van der Waals surface area (Å²) in [7, 11) is 0. The van der Waals surface area contributed by atoms with E-state index in [1.54, 1.807) is 28.9 Å². The summed E-state index contributed by atoms with van der Waals surface area (Å²) >= 11 is 0. The molecular formula is C29H25FN8O2. The standard InChI is InChI=1S/C29H25FN8O2/c1-3-27(39)37-13-17-9-18(37)10-20(17)22-4-5-23-28(35-22)29(33-14-31-23)36-24-8-16(2)25(12-21(24)30)40-19-6-7-38-26(11-19)32-15-34-38/h3-8,11-12,14-15,17-18,20H,1,9-10,13H2,2H3,(H,31,33,36)/t17?,18-,20+/m0/s1. The molecule has 40 heavy (non-hydrogen) atoms. The highest BCUT2D eigenvalue weighted by Crippen LogP contribution is 2.47. The number of fused-ring (bicyclic) bond motifs is 4. The summed E-state index contributed by atoms with van der Waals surface area (Å²) in [5.74, 6) is 1.42. The van der Waals surface area contributed by atoms with E-state index in [1.807, 2.05) is 24.0 Å². The third kappa shape index (κ3) is 4.10. The Balaban J connectivity index is 1.15. The summed E-state index contributed by atoms with van der Waals surface area (Å²) in [5, 5.41) is 7.19. The molecule has 10 nitrogen and oxygen atoms in total. The van der Waals surface area contributed by atoms with Crippen LogP contribution in [-0.2, 0) is 4.79 Å². The molecular weight excluding hydrogens is 511 g/mol. The first-order valence-corrected chi connectivity index (χ1v) is 13.1. The van der Waals surface area contributed by atoms with Gasteiger partial charge >= 0.3 is 0 Å². The molecule has 5 heterocycles. The number of amides is 1. The second kappa shape index (κ2) is 9.37. The number of benzene rings is 1. The van der Waals surface area contributed by atoms with E-state index in [4.69, 9.17) is 9.72 Å². The number of likely N-dealkylation sites (tertiary alicyclic amines) is 1. The van der Waals surface area contributed by atoms with E-state index in [-0.39, 0.29) is 23.6 Å². The lowest BCUT2D eigenvalue weighted by Crippen LogP contribution is -2.38. The minimum atomic E-state index is -0.493. The Morgan fingerprint density at radius 1 is 1.15 bits per heavy atom. The Morgan fingerprint density at radius 2 is 2.05 bits per heavy atom. The number of rotatable bonds is 6. The first kappa shape index (κ1) is 24.1. The van der Waals surface area contributed by atoms with Crippen molar-refractivity contribution in [2.75, 3.05) is 11.9 Å². The zero-order valence-corrected chi connectivity index (χ0v) is 21.7. The van der Waals surface area contributed by atoms with Gasteiger partial charge in [0.25, 0.3) is 0 Å². The molecule has 5 aromatic rings. The highest BCUT2D eigenvalue weighted by atomic mass is 19.1. The number of carbonyl (C=O) groups is 1. The van der Waals surface area contributed by atoms with Gasteiger partial charge in [0, 0.05) is 42.5 Å². The number of hydrogen-bond acceptors (Lipinski definition) is 8. The van der Waals surface area contributed by atoms with Gasteiger partial charge in [0.2, 0.25) is 5.91 Å². The van der Waals surface area contributed by atoms with Crippen LogP contribution in [0.25, 0.3) is 16.7 Å². The van der Waals surface area contributed by atoms with Crippen LogP contribution in [0.4, 0.5) is 15.9 Å². The Bertz CT molecular complexity index is 1800. The van der Waals surface area contributed by atoms with Gasteiger partial charge in [-0.15, -0.1) is 0 Å². The Hall–Kier alpha value is -4.93. The number of piperidine rings is 1. The molecule has 1 aromatic carbocycles. The summed E-state index contributed by atoms with van der Waals surface area (Å²) in [4.78, 5) is 31.9. The van der Waals surface area contributed by atoms with Gasteiger partial charge < -0.3 is 15.0 Å². The zero-order chi connectivity index (χ0) is 27.4. The first-order chi connectivity index (χ1) is 19.5. The molecule has 1 saturated carbocycles. The number of hydrogen-bond donors (Lipinski definition) is 1. The molecule has 0 spiro atoms. The maximum absolute atomic E-state index is 15.3. The molecule has 1 amide bonds. The van der Waals surface area contributed by atoms with Gasteiger partial charge in [0.05, 0.1) is 11.2 Å². The molecule has 11 heteroatoms. The van der Waals surface area contributed by atoms with Crippen molar-refractivity contribution < 1.29 is 13.9 Å². The largest absolute Gasteiger partial charge is 0.457 e. The maximum Gasteiger partial charge on any atom is 0.246 e. The van der Waals surface area contributed by atoms with Gasteiger partial charge in [-0.3, -0.25) is 4.79 Å². The first-order valence-electron chi connectivity index (χ1n) is 13.1. The van der Waals surface area contributed by atoms with Gasteiger partial charge in [-0.05, 0) is 61.6 Å². The van der Waals surface area contributed by atoms with Crippen LogP contribution in [0.5, 0.6) is 11.5 Å². The number of halogens is 1. The Morgan fingerprint density at radius 3 is 2.88 bits per heavy atom. The normalized spacial score (nSPS) is 19.9. The van der Waals surface area contributed by atoms with Crippen LogP contribution in [0, 0.1) is 18.7 Å². The number of aryl methyl sites for hydroxylation is 1. The summed E-state index contributed by atoms with van der Waals surface area (Å²) < 4.78 is 22.9. The molecule has 1 N–H and O–H groups in total. The van der Waals surface area contributed by atoms with Gasteiger partial charge in [-0.25, -0.2) is 28.8 Å². The van der Waals surface area contributed by atoms with Crippen LogP contribution in [0.1, 0.15) is 30.0 Å². The van der Waals surface area contributed by atoms with Crippen molar-refractivity contribution in [3.05, 3.63) is 85.0 Å². The van der Waals surface area contributed by atoms with Crippen molar-refractivity contribution in [3.63, 3.8) is 0 Å². The third-order valence-corrected chi connectivity index (χ3v) is 7.88. The lowest BCUT2D eigenvalue weighted by molar-refractivity contribution is -0.127. The van der Waals surface area contributed by atoms with Crippen molar-refractivity contribution >= 4 is 34.1 Å². The number of anilines is 2. The summed E-state index contributed by atoms with van der Waals surface area (Å²) in [5.41, 5.74) is 3.79. The number of pyridine rings is 2. The summed E-state index contributed by atoms with van der Waals surface area (Å²) in [6, 6.07) is 10.6. The van der Waals surface area contributed by atoms with Crippen molar-refractivity contribution in [3.8, 4) is 11.5 Å². The number of nitrogens with one attached hydrogen (secondary N) is 1. The number of aromatic nitrogens is 6. The predicted molar refractivity (Wildman–Crippen MR) is 146 cm³/mol. The van der Waals surface area contributed by atoms with E-state index in [9.17, 15) is 4.79 Å². The van der Waals surface area contributed by atoms with E-state index < -0.39 is 5.82 Å². The second-order valence-electron chi connectivity index (χ2n) is 10.3. The fourth-order valence-corrected chi connectivity index (χ4v) is 5.94. The molecule has 2 bridgehead atoms. The van der Waals surface area contributed by atoms with E-state index >= 15 is 4.39 Å². The van der Waals surface area contributed by atoms with Crippen molar-refractivity contribution in [2.24, 2.45) is 5.92 Å². The monoisotopic (exact) mass is 536 g/mol. The molecule has 1 unspecified atom stereocenters. The summed E-state index contributed by atoms with van der Waals surface area (Å²) in [6.07, 6.45) is 7.83. The van der Waals surface area contributed by atoms with Crippen LogP contribution < -0.4 is 10.1 Å². The summed E-state index contributed by atoms with van der Waals surface area (Å²) in [6.45, 7) is 6.18. The van der Waals surface area contributed by atoms with Crippen LogP contribution in [-0.4, -0.2) is 52.9 Å².